The maximum Gasteiger partial charge on any atom is 0.315 e. The second kappa shape index (κ2) is 9.06. The van der Waals surface area contributed by atoms with Gasteiger partial charge in [0, 0.05) is 35.9 Å². The van der Waals surface area contributed by atoms with Crippen LogP contribution in [-0.4, -0.2) is 44.6 Å². The van der Waals surface area contributed by atoms with E-state index in [2.05, 4.69) is 35.9 Å². The molecule has 9 heteroatoms. The average molecular weight is 411 g/mol. The zero-order valence-corrected chi connectivity index (χ0v) is 16.9. The molecule has 158 valence electrons. The Morgan fingerprint density at radius 3 is 2.93 bits per heavy atom. The van der Waals surface area contributed by atoms with E-state index in [1.807, 2.05) is 19.1 Å². The number of urea groups is 1. The Morgan fingerprint density at radius 1 is 1.27 bits per heavy atom. The molecule has 0 aliphatic heterocycles. The molecule has 4 rings (SSSR count). The molecule has 0 unspecified atom stereocenters. The molecule has 3 heterocycles. The van der Waals surface area contributed by atoms with Crippen LogP contribution in [-0.2, 0) is 0 Å². The number of carbonyl (C=O) groups excluding carboxylic acids is 1. The Hall–Kier alpha value is -3.23. The van der Waals surface area contributed by atoms with Crippen molar-refractivity contribution in [3.05, 3.63) is 36.5 Å². The lowest BCUT2D eigenvalue weighted by Gasteiger charge is -2.33. The summed E-state index contributed by atoms with van der Waals surface area (Å²) in [6.45, 7) is 2.63. The summed E-state index contributed by atoms with van der Waals surface area (Å²) in [7, 11) is 0. The number of anilines is 1. The zero-order chi connectivity index (χ0) is 20.9. The molecule has 2 amide bonds. The lowest BCUT2D eigenvalue weighted by molar-refractivity contribution is 0.230. The third kappa shape index (κ3) is 4.34. The van der Waals surface area contributed by atoms with Crippen molar-refractivity contribution in [1.82, 2.24) is 30.6 Å². The van der Waals surface area contributed by atoms with E-state index in [4.69, 9.17) is 0 Å². The first-order chi connectivity index (χ1) is 14.7. The number of hydrogen-bond donors (Lipinski definition) is 4. The maximum absolute atomic E-state index is 14.5. The predicted molar refractivity (Wildman–Crippen MR) is 114 cm³/mol. The highest BCUT2D eigenvalue weighted by Gasteiger charge is 2.28. The summed E-state index contributed by atoms with van der Waals surface area (Å²) in [6.07, 6.45) is 9.24. The molecule has 30 heavy (non-hydrogen) atoms. The average Bonchev–Trinajstić information content (AvgIpc) is 3.19. The smallest absolute Gasteiger partial charge is 0.315 e. The van der Waals surface area contributed by atoms with Crippen LogP contribution in [0.2, 0.25) is 0 Å². The molecule has 2 atom stereocenters. The third-order valence-corrected chi connectivity index (χ3v) is 5.38. The molecule has 1 fully saturated rings. The van der Waals surface area contributed by atoms with Crippen LogP contribution in [0.5, 0.6) is 0 Å². The largest absolute Gasteiger partial charge is 0.363 e. The van der Waals surface area contributed by atoms with Gasteiger partial charge in [-0.2, -0.15) is 0 Å². The minimum absolute atomic E-state index is 0.0919. The summed E-state index contributed by atoms with van der Waals surface area (Å²) in [5.41, 5.74) is 1.49. The highest BCUT2D eigenvalue weighted by molar-refractivity contribution is 5.91. The topological polar surface area (TPSA) is 108 Å². The number of hydrogen-bond acceptors (Lipinski definition) is 5. The summed E-state index contributed by atoms with van der Waals surface area (Å²) < 4.78 is 14.5. The first-order valence-electron chi connectivity index (χ1n) is 10.4. The Balaban J connectivity index is 1.54. The van der Waals surface area contributed by atoms with E-state index in [1.54, 1.807) is 12.4 Å². The lowest BCUT2D eigenvalue weighted by atomic mass is 9.90. The number of H-pyrrole nitrogens is 1. The molecular formula is C21H26FN7O. The van der Waals surface area contributed by atoms with Gasteiger partial charge in [-0.05, 0) is 31.4 Å². The van der Waals surface area contributed by atoms with Crippen molar-refractivity contribution in [3.63, 3.8) is 0 Å². The number of nitrogens with zero attached hydrogens (tertiary/aromatic N) is 3. The van der Waals surface area contributed by atoms with Crippen LogP contribution >= 0.6 is 0 Å². The SMILES string of the molecule is CCCNC(=O)N[C@@H]1CCCC[C@H]1Nc1nc(-c2c[nH]c3ncccc23)ncc1F. The molecule has 0 spiro atoms. The highest BCUT2D eigenvalue weighted by atomic mass is 19.1. The number of carbonyl (C=O) groups is 1. The monoisotopic (exact) mass is 411 g/mol. The fourth-order valence-electron chi connectivity index (χ4n) is 3.85. The van der Waals surface area contributed by atoms with Crippen molar-refractivity contribution >= 4 is 22.9 Å². The standard InChI is InChI=1S/C21H26FN7O/c1-2-9-24-21(30)28-17-8-4-3-7-16(17)27-20-15(22)12-26-19(29-20)14-11-25-18-13(14)6-5-10-23-18/h5-6,10-12,16-17H,2-4,7-9H2,1H3,(H,23,25)(H2,24,28,30)(H,26,27,29)/t16-,17-/m1/s1. The number of aromatic nitrogens is 4. The number of amides is 2. The summed E-state index contributed by atoms with van der Waals surface area (Å²) in [5.74, 6) is 0.0431. The molecule has 3 aromatic rings. The Labute approximate surface area is 174 Å². The molecule has 1 aliphatic carbocycles. The van der Waals surface area contributed by atoms with Gasteiger partial charge < -0.3 is 20.9 Å². The second-order valence-corrected chi connectivity index (χ2v) is 7.53. The quantitative estimate of drug-likeness (QED) is 0.496. The van der Waals surface area contributed by atoms with Gasteiger partial charge in [-0.15, -0.1) is 0 Å². The minimum Gasteiger partial charge on any atom is -0.363 e. The number of halogens is 1. The minimum atomic E-state index is -0.517. The fraction of sp³-hybridized carbons (Fsp3) is 0.429. The van der Waals surface area contributed by atoms with E-state index in [1.165, 1.54) is 6.20 Å². The van der Waals surface area contributed by atoms with Crippen LogP contribution < -0.4 is 16.0 Å². The van der Waals surface area contributed by atoms with Crippen LogP contribution in [0.1, 0.15) is 39.0 Å². The van der Waals surface area contributed by atoms with Gasteiger partial charge in [-0.1, -0.05) is 19.8 Å². The van der Waals surface area contributed by atoms with Crippen molar-refractivity contribution in [2.45, 2.75) is 51.1 Å². The number of rotatable bonds is 6. The molecule has 0 saturated heterocycles. The van der Waals surface area contributed by atoms with E-state index in [9.17, 15) is 9.18 Å². The fourth-order valence-corrected chi connectivity index (χ4v) is 3.85. The number of aromatic amines is 1. The number of nitrogens with one attached hydrogen (secondary N) is 4. The van der Waals surface area contributed by atoms with Gasteiger partial charge >= 0.3 is 6.03 Å². The van der Waals surface area contributed by atoms with Crippen molar-refractivity contribution in [1.29, 1.82) is 0 Å². The predicted octanol–water partition coefficient (Wildman–Crippen LogP) is 3.59. The summed E-state index contributed by atoms with van der Waals surface area (Å²) in [6, 6.07) is 3.37. The molecule has 0 bridgehead atoms. The zero-order valence-electron chi connectivity index (χ0n) is 16.9. The highest BCUT2D eigenvalue weighted by Crippen LogP contribution is 2.27. The van der Waals surface area contributed by atoms with Gasteiger partial charge in [0.1, 0.15) is 5.65 Å². The van der Waals surface area contributed by atoms with Gasteiger partial charge in [0.05, 0.1) is 12.2 Å². The van der Waals surface area contributed by atoms with Gasteiger partial charge in [-0.25, -0.2) is 24.1 Å². The van der Waals surface area contributed by atoms with E-state index in [-0.39, 0.29) is 23.9 Å². The van der Waals surface area contributed by atoms with Crippen molar-refractivity contribution < 1.29 is 9.18 Å². The first kappa shape index (κ1) is 20.1. The molecule has 3 aromatic heterocycles. The van der Waals surface area contributed by atoms with Crippen molar-refractivity contribution in [3.8, 4) is 11.4 Å². The number of fused-ring (bicyclic) bond motifs is 1. The molecular weight excluding hydrogens is 385 g/mol. The van der Waals surface area contributed by atoms with E-state index in [0.29, 0.717) is 12.4 Å². The van der Waals surface area contributed by atoms with Crippen molar-refractivity contribution in [2.75, 3.05) is 11.9 Å². The van der Waals surface area contributed by atoms with E-state index in [0.717, 1.165) is 48.7 Å². The van der Waals surface area contributed by atoms with Gasteiger partial charge in [0.2, 0.25) is 0 Å². The molecule has 0 radical (unpaired) electrons. The molecule has 0 aromatic carbocycles. The Bertz CT molecular complexity index is 1020. The maximum atomic E-state index is 14.5. The summed E-state index contributed by atoms with van der Waals surface area (Å²) in [5, 5.41) is 9.94. The van der Waals surface area contributed by atoms with Crippen molar-refractivity contribution in [2.24, 2.45) is 0 Å². The lowest BCUT2D eigenvalue weighted by Crippen LogP contribution is -2.51. The summed E-state index contributed by atoms with van der Waals surface area (Å²) in [4.78, 5) is 28.1. The van der Waals surface area contributed by atoms with Crippen LogP contribution in [0.3, 0.4) is 0 Å². The second-order valence-electron chi connectivity index (χ2n) is 7.53. The normalized spacial score (nSPS) is 18.9. The van der Waals surface area contributed by atoms with E-state index < -0.39 is 5.82 Å². The van der Waals surface area contributed by atoms with Gasteiger partial charge in [0.25, 0.3) is 0 Å². The molecule has 1 aliphatic rings. The van der Waals surface area contributed by atoms with Crippen LogP contribution in [0.4, 0.5) is 15.0 Å². The Morgan fingerprint density at radius 2 is 2.10 bits per heavy atom. The van der Waals surface area contributed by atoms with Crippen LogP contribution in [0, 0.1) is 5.82 Å². The van der Waals surface area contributed by atoms with Crippen LogP contribution in [0.15, 0.2) is 30.7 Å². The van der Waals surface area contributed by atoms with Gasteiger partial charge in [0.15, 0.2) is 17.5 Å². The van der Waals surface area contributed by atoms with Crippen LogP contribution in [0.25, 0.3) is 22.4 Å². The molecule has 8 nitrogen and oxygen atoms in total. The molecule has 4 N–H and O–H groups in total. The molecule has 1 saturated carbocycles. The third-order valence-electron chi connectivity index (χ3n) is 5.38. The number of pyridine rings is 1. The Kier molecular flexibility index (Phi) is 6.06. The van der Waals surface area contributed by atoms with E-state index >= 15 is 0 Å². The van der Waals surface area contributed by atoms with Gasteiger partial charge in [-0.3, -0.25) is 0 Å². The summed E-state index contributed by atoms with van der Waals surface area (Å²) >= 11 is 0. The first-order valence-corrected chi connectivity index (χ1v) is 10.4.